The van der Waals surface area contributed by atoms with Gasteiger partial charge in [0.15, 0.2) is 0 Å². The summed E-state index contributed by atoms with van der Waals surface area (Å²) in [6.45, 7) is 13.0. The summed E-state index contributed by atoms with van der Waals surface area (Å²) >= 11 is 0. The molecule has 0 unspecified atom stereocenters. The van der Waals surface area contributed by atoms with Crippen LogP contribution in [-0.4, -0.2) is 26.7 Å². The Morgan fingerprint density at radius 3 is 2.41 bits per heavy atom. The van der Waals surface area contributed by atoms with Crippen molar-refractivity contribution in [2.45, 2.75) is 47.0 Å². The zero-order chi connectivity index (χ0) is 25.0. The van der Waals surface area contributed by atoms with Crippen LogP contribution in [0.15, 0.2) is 47.8 Å². The smallest absolute Gasteiger partial charge is 0.275 e. The molecule has 8 nitrogen and oxygen atoms in total. The first-order valence-electron chi connectivity index (χ1n) is 11.4. The highest BCUT2D eigenvalue weighted by Crippen LogP contribution is 2.36. The quantitative estimate of drug-likeness (QED) is 0.502. The van der Waals surface area contributed by atoms with Crippen molar-refractivity contribution in [3.05, 3.63) is 53.4 Å². The maximum absolute atomic E-state index is 13.3. The summed E-state index contributed by atoms with van der Waals surface area (Å²) in [6.07, 6.45) is 0. The molecule has 0 radical (unpaired) electrons. The Morgan fingerprint density at radius 2 is 1.79 bits per heavy atom. The average molecular weight is 471 g/mol. The van der Waals surface area contributed by atoms with Crippen LogP contribution in [0.2, 0.25) is 0 Å². The predicted octanol–water partition coefficient (Wildman–Crippen LogP) is 4.98. The normalized spacial score (nSPS) is 13.7. The molecule has 1 heterocycles. The number of nitrogens with zero attached hydrogens (tertiary/aromatic N) is 1. The number of benzene rings is 2. The number of nitrogens with one attached hydrogen (secondary N) is 3. The highest BCUT2D eigenvalue weighted by Gasteiger charge is 2.28. The molecular weight excluding hydrogens is 432 g/mol. The molecule has 0 aromatic heterocycles. The Bertz CT molecular complexity index is 1080. The fraction of sp³-hybridized carbons (Fsp3) is 0.423. The fourth-order valence-corrected chi connectivity index (χ4v) is 3.49. The fourth-order valence-electron chi connectivity index (χ4n) is 3.49. The molecule has 3 N–H and O–H groups in total. The first-order chi connectivity index (χ1) is 16.0. The lowest BCUT2D eigenvalue weighted by Crippen LogP contribution is -2.39. The molecule has 0 spiro atoms. The molecule has 2 aromatic carbocycles. The number of ether oxygens (including phenoxy) is 3. The van der Waals surface area contributed by atoms with E-state index in [4.69, 9.17) is 14.2 Å². The third-order valence-corrected chi connectivity index (χ3v) is 5.51. The molecule has 2 aromatic rings. The maximum atomic E-state index is 13.3. The number of rotatable bonds is 8. The van der Waals surface area contributed by atoms with Crippen molar-refractivity contribution in [3.8, 4) is 17.2 Å². The minimum absolute atomic E-state index is 0. The van der Waals surface area contributed by atoms with Crippen LogP contribution in [0.1, 0.15) is 48.5 Å². The van der Waals surface area contributed by atoms with Gasteiger partial charge in [0.05, 0.1) is 32.2 Å². The third kappa shape index (κ3) is 5.56. The minimum Gasteiger partial charge on any atom is -0.497 e. The number of hydrogen-bond donors (Lipinski definition) is 3. The first-order valence-corrected chi connectivity index (χ1v) is 11.4. The van der Waals surface area contributed by atoms with Crippen molar-refractivity contribution < 1.29 is 20.4 Å². The van der Waals surface area contributed by atoms with Crippen molar-refractivity contribution in [2.24, 2.45) is 5.92 Å². The van der Waals surface area contributed by atoms with Crippen LogP contribution in [0.5, 0.6) is 17.2 Å². The van der Waals surface area contributed by atoms with Crippen LogP contribution in [0.25, 0.3) is 0 Å². The van der Waals surface area contributed by atoms with Crippen molar-refractivity contribution in [2.75, 3.05) is 31.2 Å². The lowest BCUT2D eigenvalue weighted by atomic mass is 9.87. The molecule has 8 heteroatoms. The Hall–Kier alpha value is -3.39. The summed E-state index contributed by atoms with van der Waals surface area (Å²) < 4.78 is 16.8. The SMILES string of the molecule is COc1ccc(OC)c(N2NNC(C(=O)Nc3cc(C(C)(C)C)ccc3OCC(C)C)=C2C)c1.[HH]. The standard InChI is InChI=1S/C26H36N4O4.H2/c1-16(2)15-34-22-11-9-18(26(4,5)6)13-20(22)27-25(31)24-17(3)30(29-28-24)21-14-19(32-7)10-12-23(21)33-8;/h9-14,16,28-29H,15H2,1-8H3,(H,27,31);1H. The first kappa shape index (κ1) is 25.2. The minimum atomic E-state index is -0.283. The number of hydrazine groups is 2. The Morgan fingerprint density at radius 1 is 1.09 bits per heavy atom. The van der Waals surface area contributed by atoms with E-state index in [1.807, 2.05) is 43.3 Å². The average Bonchev–Trinajstić information content (AvgIpc) is 3.18. The molecule has 0 atom stereocenters. The van der Waals surface area contributed by atoms with Gasteiger partial charge in [-0.15, -0.1) is 5.53 Å². The van der Waals surface area contributed by atoms with Gasteiger partial charge < -0.3 is 19.5 Å². The summed E-state index contributed by atoms with van der Waals surface area (Å²) in [6, 6.07) is 11.4. The highest BCUT2D eigenvalue weighted by atomic mass is 16.5. The van der Waals surface area contributed by atoms with E-state index in [2.05, 4.69) is 50.9 Å². The molecule has 1 aliphatic heterocycles. The van der Waals surface area contributed by atoms with Gasteiger partial charge in [-0.05, 0) is 48.1 Å². The van der Waals surface area contributed by atoms with Crippen LogP contribution in [-0.2, 0) is 10.2 Å². The summed E-state index contributed by atoms with van der Waals surface area (Å²) in [5.74, 6) is 2.04. The zero-order valence-electron chi connectivity index (χ0n) is 21.3. The van der Waals surface area contributed by atoms with Gasteiger partial charge in [0, 0.05) is 7.49 Å². The third-order valence-electron chi connectivity index (χ3n) is 5.51. The van der Waals surface area contributed by atoms with Crippen molar-refractivity contribution >= 4 is 17.3 Å². The summed E-state index contributed by atoms with van der Waals surface area (Å²) in [5.41, 5.74) is 9.47. The molecule has 0 saturated heterocycles. The van der Waals surface area contributed by atoms with Gasteiger partial charge in [-0.3, -0.25) is 15.2 Å². The van der Waals surface area contributed by atoms with E-state index in [0.717, 1.165) is 5.56 Å². The molecule has 0 saturated carbocycles. The maximum Gasteiger partial charge on any atom is 0.275 e. The Kier molecular flexibility index (Phi) is 7.61. The van der Waals surface area contributed by atoms with Gasteiger partial charge in [-0.2, -0.15) is 0 Å². The van der Waals surface area contributed by atoms with E-state index in [1.165, 1.54) is 0 Å². The van der Waals surface area contributed by atoms with Crippen molar-refractivity contribution in [1.82, 2.24) is 11.0 Å². The van der Waals surface area contributed by atoms with Crippen LogP contribution < -0.4 is 35.5 Å². The zero-order valence-corrected chi connectivity index (χ0v) is 21.3. The van der Waals surface area contributed by atoms with Gasteiger partial charge >= 0.3 is 0 Å². The number of allylic oxidation sites excluding steroid dienone is 1. The molecule has 1 aliphatic rings. The van der Waals surface area contributed by atoms with Crippen molar-refractivity contribution in [1.29, 1.82) is 0 Å². The molecular formula is C26H38N4O4. The molecule has 186 valence electrons. The topological polar surface area (TPSA) is 84.1 Å². The van der Waals surface area contributed by atoms with E-state index in [0.29, 0.717) is 52.5 Å². The van der Waals surface area contributed by atoms with E-state index in [9.17, 15) is 4.79 Å². The van der Waals surface area contributed by atoms with Crippen LogP contribution in [0, 0.1) is 5.92 Å². The molecule has 0 bridgehead atoms. The second-order valence-electron chi connectivity index (χ2n) is 9.69. The van der Waals surface area contributed by atoms with Crippen LogP contribution in [0.4, 0.5) is 11.4 Å². The van der Waals surface area contributed by atoms with Gasteiger partial charge in [-0.1, -0.05) is 40.7 Å². The molecule has 3 rings (SSSR count). The van der Waals surface area contributed by atoms with Gasteiger partial charge in [0.25, 0.3) is 5.91 Å². The molecule has 0 fully saturated rings. The number of carbonyl (C=O) groups excluding carboxylic acids is 1. The summed E-state index contributed by atoms with van der Waals surface area (Å²) in [4.78, 5) is 13.3. The van der Waals surface area contributed by atoms with Gasteiger partial charge in [-0.25, -0.2) is 0 Å². The molecule has 0 aliphatic carbocycles. The van der Waals surface area contributed by atoms with Gasteiger partial charge in [0.2, 0.25) is 0 Å². The Labute approximate surface area is 203 Å². The molecule has 34 heavy (non-hydrogen) atoms. The number of carbonyl (C=O) groups is 1. The number of methoxy groups -OCH3 is 2. The lowest BCUT2D eigenvalue weighted by molar-refractivity contribution is -0.113. The number of hydrogen-bond acceptors (Lipinski definition) is 7. The monoisotopic (exact) mass is 470 g/mol. The van der Waals surface area contributed by atoms with E-state index >= 15 is 0 Å². The second kappa shape index (κ2) is 10.3. The van der Waals surface area contributed by atoms with Crippen molar-refractivity contribution in [3.63, 3.8) is 0 Å². The highest BCUT2D eigenvalue weighted by molar-refractivity contribution is 6.05. The van der Waals surface area contributed by atoms with E-state index in [1.54, 1.807) is 19.2 Å². The molecule has 1 amide bonds. The van der Waals surface area contributed by atoms with E-state index in [-0.39, 0.29) is 12.7 Å². The second-order valence-corrected chi connectivity index (χ2v) is 9.69. The van der Waals surface area contributed by atoms with E-state index < -0.39 is 0 Å². The summed E-state index contributed by atoms with van der Waals surface area (Å²) in [7, 11) is 3.20. The van der Waals surface area contributed by atoms with Gasteiger partial charge in [0.1, 0.15) is 28.6 Å². The summed E-state index contributed by atoms with van der Waals surface area (Å²) in [5, 5.41) is 4.78. The number of anilines is 2. The lowest BCUT2D eigenvalue weighted by Gasteiger charge is -2.22. The predicted molar refractivity (Wildman–Crippen MR) is 137 cm³/mol. The largest absolute Gasteiger partial charge is 0.497 e. The van der Waals surface area contributed by atoms with Crippen LogP contribution in [0.3, 0.4) is 0 Å². The van der Waals surface area contributed by atoms with Crippen LogP contribution >= 0.6 is 0 Å². The Balaban J connectivity index is 0.00000432. The number of amides is 1.